The highest BCUT2D eigenvalue weighted by atomic mass is 32.2. The number of benzene rings is 2. The van der Waals surface area contributed by atoms with E-state index in [2.05, 4.69) is 33.4 Å². The summed E-state index contributed by atoms with van der Waals surface area (Å²) in [5.41, 5.74) is 4.47. The summed E-state index contributed by atoms with van der Waals surface area (Å²) in [6, 6.07) is 10.3. The van der Waals surface area contributed by atoms with Crippen LogP contribution >= 0.6 is 0 Å². The van der Waals surface area contributed by atoms with E-state index >= 15 is 0 Å². The Kier molecular flexibility index (Phi) is 7.98. The number of methoxy groups -OCH3 is 1. The normalized spacial score (nSPS) is 23.1. The van der Waals surface area contributed by atoms with Crippen molar-refractivity contribution in [3.05, 3.63) is 65.1 Å². The number of hydrogen-bond acceptors (Lipinski definition) is 7. The fourth-order valence-electron chi connectivity index (χ4n) is 5.36. The molecule has 2 unspecified atom stereocenters. The molecule has 2 N–H and O–H groups in total. The van der Waals surface area contributed by atoms with Gasteiger partial charge in [0.25, 0.3) is 0 Å². The van der Waals surface area contributed by atoms with E-state index in [0.717, 1.165) is 54.0 Å². The Morgan fingerprint density at radius 1 is 1.24 bits per heavy atom. The van der Waals surface area contributed by atoms with Crippen molar-refractivity contribution in [2.24, 2.45) is 13.0 Å². The van der Waals surface area contributed by atoms with Crippen LogP contribution < -0.4 is 5.32 Å². The van der Waals surface area contributed by atoms with E-state index in [1.165, 1.54) is 23.1 Å². The number of hydrogen-bond donors (Lipinski definition) is 2. The molecule has 1 aliphatic carbocycles. The second kappa shape index (κ2) is 11.4. The Morgan fingerprint density at radius 3 is 2.66 bits per heavy atom. The predicted molar refractivity (Wildman–Crippen MR) is 146 cm³/mol. The number of ether oxygens (including phenoxy) is 1. The zero-order chi connectivity index (χ0) is 26.8. The maximum Gasteiger partial charge on any atom is 0.185 e. The van der Waals surface area contributed by atoms with Crippen molar-refractivity contribution in [2.75, 3.05) is 38.6 Å². The van der Waals surface area contributed by atoms with Crippen molar-refractivity contribution in [3.8, 4) is 0 Å². The van der Waals surface area contributed by atoms with Gasteiger partial charge in [-0.2, -0.15) is 9.90 Å². The number of halogens is 1. The predicted octanol–water partition coefficient (Wildman–Crippen LogP) is 3.81. The molecule has 0 bridgehead atoms. The molecule has 5 rings (SSSR count). The zero-order valence-electron chi connectivity index (χ0n) is 21.9. The number of nitrogens with zero attached hydrogens (tertiary/aromatic N) is 5. The van der Waals surface area contributed by atoms with Crippen LogP contribution in [0.15, 0.2) is 47.6 Å². The molecule has 1 saturated heterocycles. The highest BCUT2D eigenvalue weighted by molar-refractivity contribution is 7.82. The molecule has 2 atom stereocenters. The van der Waals surface area contributed by atoms with Gasteiger partial charge in [0.2, 0.25) is 0 Å². The third kappa shape index (κ3) is 5.70. The van der Waals surface area contributed by atoms with E-state index in [4.69, 9.17) is 10.1 Å². The molecule has 9 nitrogen and oxygen atoms in total. The minimum atomic E-state index is -1.41. The van der Waals surface area contributed by atoms with Crippen LogP contribution in [0.4, 0.5) is 15.8 Å². The fraction of sp³-hybridized carbons (Fsp3) is 0.444. The second-order valence-corrected chi connectivity index (χ2v) is 11.5. The molecule has 0 radical (unpaired) electrons. The van der Waals surface area contributed by atoms with Gasteiger partial charge in [-0.05, 0) is 73.2 Å². The number of aryl methyl sites for hydroxylation is 2. The summed E-state index contributed by atoms with van der Waals surface area (Å²) in [5.74, 6) is 0.278. The van der Waals surface area contributed by atoms with Crippen molar-refractivity contribution in [1.82, 2.24) is 24.2 Å². The molecular formula is C27H34FN7O2S. The van der Waals surface area contributed by atoms with Crippen LogP contribution in [-0.4, -0.2) is 74.0 Å². The minimum absolute atomic E-state index is 0.00420. The molecule has 11 heteroatoms. The van der Waals surface area contributed by atoms with Crippen LogP contribution in [0, 0.1) is 24.1 Å². The Hall–Kier alpha value is -2.99. The quantitative estimate of drug-likeness (QED) is 0.401. The summed E-state index contributed by atoms with van der Waals surface area (Å²) in [6.45, 7) is 5.04. The molecule has 3 aromatic rings. The lowest BCUT2D eigenvalue weighted by molar-refractivity contribution is -0.0215. The molecule has 2 fully saturated rings. The van der Waals surface area contributed by atoms with Crippen molar-refractivity contribution in [2.45, 2.75) is 36.9 Å². The molecule has 1 saturated carbocycles. The second-order valence-electron chi connectivity index (χ2n) is 10.1. The van der Waals surface area contributed by atoms with Gasteiger partial charge < -0.3 is 15.5 Å². The highest BCUT2D eigenvalue weighted by Gasteiger charge is 2.37. The van der Waals surface area contributed by atoms with Crippen LogP contribution in [-0.2, 0) is 22.8 Å². The van der Waals surface area contributed by atoms with E-state index in [1.807, 2.05) is 10.4 Å². The molecule has 2 heterocycles. The van der Waals surface area contributed by atoms with Crippen LogP contribution in [0.5, 0.6) is 0 Å². The van der Waals surface area contributed by atoms with E-state index < -0.39 is 11.0 Å². The SMILES string of the molecule is COC1CC(CN2CCN(S(=O)c3cnn(C)n3)CC2c2cc(C=N)c(Nc3ccc(F)cc3)cc2C)C1. The standard InChI is InChI=1S/C27H34FN7O2S/c1-18-10-25(31-22-6-4-21(28)5-7-22)20(14-29)13-24(18)26-17-35(38(36)27-15-30-33(2)32-27)9-8-34(26)16-19-11-23(12-19)37-3/h4-7,10,13-15,19,23,26,29,31H,8-9,11-12,16-17H2,1-3H3. The van der Waals surface area contributed by atoms with Crippen LogP contribution in [0.25, 0.3) is 0 Å². The first-order valence-corrected chi connectivity index (χ1v) is 13.9. The molecule has 2 aromatic carbocycles. The lowest BCUT2D eigenvalue weighted by atomic mass is 9.81. The number of anilines is 2. The van der Waals surface area contributed by atoms with Gasteiger partial charge in [-0.3, -0.25) is 4.90 Å². The van der Waals surface area contributed by atoms with Crippen molar-refractivity contribution in [3.63, 3.8) is 0 Å². The van der Waals surface area contributed by atoms with E-state index in [-0.39, 0.29) is 11.9 Å². The number of aromatic nitrogens is 3. The summed E-state index contributed by atoms with van der Waals surface area (Å²) in [5, 5.41) is 20.2. The molecule has 1 aliphatic heterocycles. The maximum absolute atomic E-state index is 13.4. The monoisotopic (exact) mass is 539 g/mol. The van der Waals surface area contributed by atoms with E-state index in [1.54, 1.807) is 32.5 Å². The number of nitrogens with one attached hydrogen (secondary N) is 2. The first-order chi connectivity index (χ1) is 18.3. The van der Waals surface area contributed by atoms with Crippen molar-refractivity contribution < 1.29 is 13.3 Å². The summed E-state index contributed by atoms with van der Waals surface area (Å²) < 4.78 is 34.2. The summed E-state index contributed by atoms with van der Waals surface area (Å²) in [6.07, 6.45) is 5.35. The third-order valence-electron chi connectivity index (χ3n) is 7.54. The lowest BCUT2D eigenvalue weighted by Crippen LogP contribution is -2.51. The summed E-state index contributed by atoms with van der Waals surface area (Å²) >= 11 is 0. The molecule has 0 spiro atoms. The first kappa shape index (κ1) is 26.6. The average Bonchev–Trinajstić information content (AvgIpc) is 3.33. The number of piperazine rings is 1. The van der Waals surface area contributed by atoms with Gasteiger partial charge in [-0.1, -0.05) is 0 Å². The molecule has 1 aromatic heterocycles. The first-order valence-electron chi connectivity index (χ1n) is 12.8. The molecular weight excluding hydrogens is 505 g/mol. The molecule has 38 heavy (non-hydrogen) atoms. The van der Waals surface area contributed by atoms with E-state index in [9.17, 15) is 8.60 Å². The van der Waals surface area contributed by atoms with Crippen molar-refractivity contribution in [1.29, 1.82) is 5.41 Å². The van der Waals surface area contributed by atoms with Gasteiger partial charge in [-0.15, -0.1) is 5.10 Å². The maximum atomic E-state index is 13.4. The molecule has 202 valence electrons. The Balaban J connectivity index is 1.43. The van der Waals surface area contributed by atoms with Gasteiger partial charge in [0.05, 0.1) is 12.3 Å². The third-order valence-corrected chi connectivity index (χ3v) is 8.89. The van der Waals surface area contributed by atoms with Crippen LogP contribution in [0.1, 0.15) is 35.6 Å². The van der Waals surface area contributed by atoms with Gasteiger partial charge in [0.1, 0.15) is 16.8 Å². The zero-order valence-corrected chi connectivity index (χ0v) is 22.7. The van der Waals surface area contributed by atoms with Crippen LogP contribution in [0.2, 0.25) is 0 Å². The van der Waals surface area contributed by atoms with E-state index in [0.29, 0.717) is 30.1 Å². The molecule has 0 amide bonds. The van der Waals surface area contributed by atoms with Crippen molar-refractivity contribution >= 4 is 28.6 Å². The molecule has 2 aliphatic rings. The topological polar surface area (TPSA) is 99.4 Å². The number of rotatable bonds is 9. The van der Waals surface area contributed by atoms with Gasteiger partial charge >= 0.3 is 0 Å². The Labute approximate surface area is 225 Å². The van der Waals surface area contributed by atoms with Crippen LogP contribution in [0.3, 0.4) is 0 Å². The van der Waals surface area contributed by atoms with Gasteiger partial charge in [0, 0.05) is 69.5 Å². The fourth-order valence-corrected chi connectivity index (χ4v) is 6.48. The summed E-state index contributed by atoms with van der Waals surface area (Å²) in [4.78, 5) is 3.92. The lowest BCUT2D eigenvalue weighted by Gasteiger charge is -2.45. The summed E-state index contributed by atoms with van der Waals surface area (Å²) in [7, 11) is 2.08. The minimum Gasteiger partial charge on any atom is -0.381 e. The highest BCUT2D eigenvalue weighted by Crippen LogP contribution is 2.37. The van der Waals surface area contributed by atoms with Gasteiger partial charge in [0.15, 0.2) is 5.03 Å². The smallest absolute Gasteiger partial charge is 0.185 e. The average molecular weight is 540 g/mol. The van der Waals surface area contributed by atoms with Gasteiger partial charge in [-0.25, -0.2) is 12.9 Å². The Morgan fingerprint density at radius 2 is 2.00 bits per heavy atom. The largest absolute Gasteiger partial charge is 0.381 e. The Bertz CT molecular complexity index is 1310.